The van der Waals surface area contributed by atoms with E-state index in [1.54, 1.807) is 6.07 Å². The highest BCUT2D eigenvalue weighted by atomic mass is 79.9. The molecule has 1 aromatic rings. The molecule has 0 heterocycles. The number of carbonyl (C=O) groups is 1. The molecule has 3 nitrogen and oxygen atoms in total. The van der Waals surface area contributed by atoms with E-state index in [0.717, 1.165) is 16.5 Å². The lowest BCUT2D eigenvalue weighted by atomic mass is 10.1. The van der Waals surface area contributed by atoms with Gasteiger partial charge in [-0.1, -0.05) is 25.5 Å². The average molecular weight is 295 g/mol. The second kappa shape index (κ2) is 6.41. The number of rotatable bonds is 4. The summed E-state index contributed by atoms with van der Waals surface area (Å²) in [7, 11) is 0. The summed E-state index contributed by atoms with van der Waals surface area (Å²) in [6, 6.07) is 7.17. The molecule has 1 rings (SSSR count). The van der Waals surface area contributed by atoms with Crippen molar-refractivity contribution < 1.29 is 4.79 Å². The van der Waals surface area contributed by atoms with Crippen LogP contribution in [0.25, 0.3) is 0 Å². The summed E-state index contributed by atoms with van der Waals surface area (Å²) in [6.45, 7) is 3.91. The lowest BCUT2D eigenvalue weighted by molar-refractivity contribution is 0.0943. The zero-order chi connectivity index (χ0) is 12.8. The summed E-state index contributed by atoms with van der Waals surface area (Å²) in [5, 5.41) is 11.6. The minimum atomic E-state index is -0.417. The van der Waals surface area contributed by atoms with Gasteiger partial charge in [0, 0.05) is 4.47 Å². The van der Waals surface area contributed by atoms with Gasteiger partial charge >= 0.3 is 0 Å². The number of carbonyl (C=O) groups excluding carboxylic acids is 1. The van der Waals surface area contributed by atoms with E-state index < -0.39 is 6.04 Å². The smallest absolute Gasteiger partial charge is 0.253 e. The topological polar surface area (TPSA) is 52.9 Å². The van der Waals surface area contributed by atoms with Gasteiger partial charge in [0.25, 0.3) is 5.91 Å². The summed E-state index contributed by atoms with van der Waals surface area (Å²) >= 11 is 3.39. The van der Waals surface area contributed by atoms with Gasteiger partial charge in [-0.15, -0.1) is 0 Å². The van der Waals surface area contributed by atoms with Crippen LogP contribution in [0.2, 0.25) is 0 Å². The van der Waals surface area contributed by atoms with Crippen molar-refractivity contribution >= 4 is 21.8 Å². The number of amides is 1. The Balaban J connectivity index is 2.83. The van der Waals surface area contributed by atoms with Gasteiger partial charge in [0.15, 0.2) is 0 Å². The highest BCUT2D eigenvalue weighted by Gasteiger charge is 2.15. The average Bonchev–Trinajstić information content (AvgIpc) is 2.31. The SMILES string of the molecule is CCCC(C#N)NC(=O)c1cccc(C)c1Br. The first-order valence-corrected chi connectivity index (χ1v) is 6.35. The molecule has 0 bridgehead atoms. The Kier molecular flexibility index (Phi) is 5.17. The van der Waals surface area contributed by atoms with Gasteiger partial charge in [-0.2, -0.15) is 5.26 Å². The molecule has 0 aromatic heterocycles. The fourth-order valence-corrected chi connectivity index (χ4v) is 1.96. The molecule has 1 N–H and O–H groups in total. The van der Waals surface area contributed by atoms with Crippen molar-refractivity contribution in [1.82, 2.24) is 5.32 Å². The van der Waals surface area contributed by atoms with E-state index in [0.29, 0.717) is 12.0 Å². The number of nitriles is 1. The van der Waals surface area contributed by atoms with E-state index in [1.165, 1.54) is 0 Å². The second-order valence-electron chi connectivity index (χ2n) is 3.88. The van der Waals surface area contributed by atoms with Crippen LogP contribution in [0.15, 0.2) is 22.7 Å². The Morgan fingerprint density at radius 3 is 2.88 bits per heavy atom. The van der Waals surface area contributed by atoms with E-state index in [1.807, 2.05) is 26.0 Å². The Bertz CT molecular complexity index is 451. The van der Waals surface area contributed by atoms with Crippen molar-refractivity contribution in [2.75, 3.05) is 0 Å². The van der Waals surface area contributed by atoms with Gasteiger partial charge < -0.3 is 5.32 Å². The van der Waals surface area contributed by atoms with Crippen LogP contribution in [0.1, 0.15) is 35.7 Å². The molecule has 0 radical (unpaired) electrons. The number of nitrogens with zero attached hydrogens (tertiary/aromatic N) is 1. The first-order chi connectivity index (χ1) is 8.10. The van der Waals surface area contributed by atoms with Crippen molar-refractivity contribution in [3.05, 3.63) is 33.8 Å². The van der Waals surface area contributed by atoms with Crippen LogP contribution < -0.4 is 5.32 Å². The van der Waals surface area contributed by atoms with Crippen molar-refractivity contribution in [3.8, 4) is 6.07 Å². The van der Waals surface area contributed by atoms with Crippen LogP contribution in [0.5, 0.6) is 0 Å². The maximum absolute atomic E-state index is 12.0. The normalized spacial score (nSPS) is 11.6. The summed E-state index contributed by atoms with van der Waals surface area (Å²) in [5.74, 6) is -0.208. The first kappa shape index (κ1) is 13.7. The van der Waals surface area contributed by atoms with Gasteiger partial charge in [-0.25, -0.2) is 0 Å². The Morgan fingerprint density at radius 1 is 1.59 bits per heavy atom. The third kappa shape index (κ3) is 3.57. The number of aryl methyl sites for hydroxylation is 1. The predicted molar refractivity (Wildman–Crippen MR) is 70.7 cm³/mol. The van der Waals surface area contributed by atoms with E-state index >= 15 is 0 Å². The van der Waals surface area contributed by atoms with Crippen LogP contribution in [0.4, 0.5) is 0 Å². The van der Waals surface area contributed by atoms with Crippen LogP contribution >= 0.6 is 15.9 Å². The second-order valence-corrected chi connectivity index (χ2v) is 4.67. The fraction of sp³-hybridized carbons (Fsp3) is 0.385. The van der Waals surface area contributed by atoms with E-state index in [-0.39, 0.29) is 5.91 Å². The summed E-state index contributed by atoms with van der Waals surface area (Å²) in [4.78, 5) is 12.0. The summed E-state index contributed by atoms with van der Waals surface area (Å²) < 4.78 is 0.783. The van der Waals surface area contributed by atoms with E-state index in [4.69, 9.17) is 5.26 Å². The Hall–Kier alpha value is -1.34. The molecular weight excluding hydrogens is 280 g/mol. The molecule has 0 aliphatic carbocycles. The maximum atomic E-state index is 12.0. The van der Waals surface area contributed by atoms with Crippen molar-refractivity contribution in [2.45, 2.75) is 32.7 Å². The molecule has 0 aliphatic rings. The third-order valence-corrected chi connectivity index (χ3v) is 3.53. The van der Waals surface area contributed by atoms with Gasteiger partial charge in [-0.3, -0.25) is 4.79 Å². The van der Waals surface area contributed by atoms with Crippen LogP contribution in [-0.4, -0.2) is 11.9 Å². The molecular formula is C13H15BrN2O. The third-order valence-electron chi connectivity index (χ3n) is 2.47. The van der Waals surface area contributed by atoms with Crippen LogP contribution in [-0.2, 0) is 0 Å². The molecule has 0 saturated carbocycles. The number of nitrogens with one attached hydrogen (secondary N) is 1. The first-order valence-electron chi connectivity index (χ1n) is 5.55. The molecule has 0 spiro atoms. The van der Waals surface area contributed by atoms with Gasteiger partial charge in [0.2, 0.25) is 0 Å². The van der Waals surface area contributed by atoms with E-state index in [9.17, 15) is 4.79 Å². The highest BCUT2D eigenvalue weighted by Crippen LogP contribution is 2.21. The number of hydrogen-bond acceptors (Lipinski definition) is 2. The van der Waals surface area contributed by atoms with Gasteiger partial charge in [-0.05, 0) is 40.9 Å². The molecule has 1 amide bonds. The van der Waals surface area contributed by atoms with Crippen molar-refractivity contribution in [1.29, 1.82) is 5.26 Å². The quantitative estimate of drug-likeness (QED) is 0.927. The van der Waals surface area contributed by atoms with Gasteiger partial charge in [0.05, 0.1) is 11.6 Å². The molecule has 1 aromatic carbocycles. The Labute approximate surface area is 110 Å². The number of benzene rings is 1. The zero-order valence-corrected chi connectivity index (χ0v) is 11.5. The zero-order valence-electron chi connectivity index (χ0n) is 9.96. The lowest BCUT2D eigenvalue weighted by Crippen LogP contribution is -2.33. The molecule has 1 unspecified atom stereocenters. The molecule has 0 aliphatic heterocycles. The summed E-state index contributed by atoms with van der Waals surface area (Å²) in [6.07, 6.45) is 1.54. The monoisotopic (exact) mass is 294 g/mol. The van der Waals surface area contributed by atoms with Crippen LogP contribution in [0, 0.1) is 18.3 Å². The number of hydrogen-bond donors (Lipinski definition) is 1. The molecule has 90 valence electrons. The molecule has 4 heteroatoms. The minimum Gasteiger partial charge on any atom is -0.336 e. The maximum Gasteiger partial charge on any atom is 0.253 e. The van der Waals surface area contributed by atoms with Crippen molar-refractivity contribution in [3.63, 3.8) is 0 Å². The largest absolute Gasteiger partial charge is 0.336 e. The van der Waals surface area contributed by atoms with Crippen LogP contribution in [0.3, 0.4) is 0 Å². The summed E-state index contributed by atoms with van der Waals surface area (Å²) in [5.41, 5.74) is 1.57. The molecule has 0 saturated heterocycles. The molecule has 0 fully saturated rings. The van der Waals surface area contributed by atoms with Crippen molar-refractivity contribution in [2.24, 2.45) is 0 Å². The molecule has 17 heavy (non-hydrogen) atoms. The van der Waals surface area contributed by atoms with E-state index in [2.05, 4.69) is 27.3 Å². The Morgan fingerprint density at radius 2 is 2.29 bits per heavy atom. The van der Waals surface area contributed by atoms with Gasteiger partial charge in [0.1, 0.15) is 6.04 Å². The highest BCUT2D eigenvalue weighted by molar-refractivity contribution is 9.10. The lowest BCUT2D eigenvalue weighted by Gasteiger charge is -2.12. The fourth-order valence-electron chi connectivity index (χ4n) is 1.52. The number of halogens is 1. The predicted octanol–water partition coefficient (Wildman–Crippen LogP) is 3.18. The molecule has 1 atom stereocenters. The standard InChI is InChI=1S/C13H15BrN2O/c1-3-5-10(8-15)16-13(17)11-7-4-6-9(2)12(11)14/h4,6-7,10H,3,5H2,1-2H3,(H,16,17). The minimum absolute atomic E-state index is 0.208.